The van der Waals surface area contributed by atoms with E-state index in [1.54, 1.807) is 13.8 Å². The summed E-state index contributed by atoms with van der Waals surface area (Å²) in [5.41, 5.74) is -0.951. The molecule has 1 aromatic rings. The molecule has 0 fully saturated rings. The Hall–Kier alpha value is -1.36. The first-order valence-electron chi connectivity index (χ1n) is 3.91. The van der Waals surface area contributed by atoms with Gasteiger partial charge in [-0.3, -0.25) is 0 Å². The number of hydrogen-bond acceptors (Lipinski definition) is 0. The first kappa shape index (κ1) is 9.73. The van der Waals surface area contributed by atoms with Crippen molar-refractivity contribution in [1.82, 2.24) is 0 Å². The van der Waals surface area contributed by atoms with Crippen LogP contribution in [0.15, 0.2) is 18.2 Å². The smallest absolute Gasteiger partial charge is 0.130 e. The number of terminal acetylenes is 1. The van der Waals surface area contributed by atoms with Crippen molar-refractivity contribution < 1.29 is 8.78 Å². The van der Waals surface area contributed by atoms with E-state index < -0.39 is 17.0 Å². The van der Waals surface area contributed by atoms with Gasteiger partial charge in [0.15, 0.2) is 0 Å². The van der Waals surface area contributed by atoms with Gasteiger partial charge in [0.1, 0.15) is 11.6 Å². The zero-order valence-corrected chi connectivity index (χ0v) is 7.57. The molecule has 0 bridgehead atoms. The molecule has 0 radical (unpaired) electrons. The minimum Gasteiger partial charge on any atom is -0.207 e. The molecule has 0 aliphatic rings. The van der Waals surface area contributed by atoms with E-state index >= 15 is 0 Å². The third kappa shape index (κ3) is 1.70. The minimum atomic E-state index is -0.907. The highest BCUT2D eigenvalue weighted by Crippen LogP contribution is 2.27. The van der Waals surface area contributed by atoms with E-state index in [4.69, 9.17) is 6.42 Å². The lowest BCUT2D eigenvalue weighted by molar-refractivity contribution is 0.511. The van der Waals surface area contributed by atoms with Crippen LogP contribution in [0.3, 0.4) is 0 Å². The monoisotopic (exact) mass is 180 g/mol. The summed E-state index contributed by atoms with van der Waals surface area (Å²) in [6.07, 6.45) is 5.19. The van der Waals surface area contributed by atoms with Crippen LogP contribution in [0, 0.1) is 24.0 Å². The van der Waals surface area contributed by atoms with Gasteiger partial charge in [0.25, 0.3) is 0 Å². The average Bonchev–Trinajstić information content (AvgIpc) is 2.03. The summed E-state index contributed by atoms with van der Waals surface area (Å²) in [7, 11) is 0. The second-order valence-electron chi connectivity index (χ2n) is 3.37. The molecule has 2 heteroatoms. The highest BCUT2D eigenvalue weighted by molar-refractivity contribution is 5.34. The van der Waals surface area contributed by atoms with Crippen LogP contribution in [0.1, 0.15) is 19.4 Å². The lowest BCUT2D eigenvalue weighted by atomic mass is 9.85. The van der Waals surface area contributed by atoms with Crippen molar-refractivity contribution in [1.29, 1.82) is 0 Å². The molecule has 0 amide bonds. The van der Waals surface area contributed by atoms with Crippen LogP contribution < -0.4 is 0 Å². The maximum atomic E-state index is 13.2. The van der Waals surface area contributed by atoms with E-state index in [1.165, 1.54) is 18.2 Å². The summed E-state index contributed by atoms with van der Waals surface area (Å²) in [5.74, 6) is 1.17. The third-order valence-corrected chi connectivity index (χ3v) is 1.95. The van der Waals surface area contributed by atoms with Gasteiger partial charge in [-0.05, 0) is 26.0 Å². The molecule has 0 saturated heterocycles. The molecule has 0 saturated carbocycles. The van der Waals surface area contributed by atoms with Crippen LogP contribution >= 0.6 is 0 Å². The highest BCUT2D eigenvalue weighted by Gasteiger charge is 2.25. The number of hydrogen-bond donors (Lipinski definition) is 0. The summed E-state index contributed by atoms with van der Waals surface area (Å²) in [6.45, 7) is 3.21. The fourth-order valence-corrected chi connectivity index (χ4v) is 1.17. The first-order valence-corrected chi connectivity index (χ1v) is 3.91. The van der Waals surface area contributed by atoms with Gasteiger partial charge in [-0.1, -0.05) is 12.0 Å². The fraction of sp³-hybridized carbons (Fsp3) is 0.273. The molecular weight excluding hydrogens is 170 g/mol. The standard InChI is InChI=1S/C11H10F2/c1-4-11(2,3)10-8(12)6-5-7-9(10)13/h1,5-7H,2-3H3. The molecule has 0 aliphatic carbocycles. The van der Waals surface area contributed by atoms with Gasteiger partial charge in [-0.25, -0.2) is 8.78 Å². The molecule has 0 atom stereocenters. The van der Waals surface area contributed by atoms with E-state index in [0.29, 0.717) is 0 Å². The predicted molar refractivity (Wildman–Crippen MR) is 48.2 cm³/mol. The average molecular weight is 180 g/mol. The Labute approximate surface area is 76.6 Å². The van der Waals surface area contributed by atoms with Crippen LogP contribution in [-0.4, -0.2) is 0 Å². The molecule has 0 aromatic heterocycles. The molecule has 1 rings (SSSR count). The molecule has 0 heterocycles. The topological polar surface area (TPSA) is 0 Å². The van der Waals surface area contributed by atoms with Gasteiger partial charge in [0, 0.05) is 5.56 Å². The molecule has 0 aliphatic heterocycles. The van der Waals surface area contributed by atoms with Gasteiger partial charge in [-0.15, -0.1) is 6.42 Å². The summed E-state index contributed by atoms with van der Waals surface area (Å²) in [4.78, 5) is 0. The molecule has 13 heavy (non-hydrogen) atoms. The first-order chi connectivity index (χ1) is 5.99. The van der Waals surface area contributed by atoms with Gasteiger partial charge in [-0.2, -0.15) is 0 Å². The Bertz CT molecular complexity index is 339. The molecule has 0 spiro atoms. The summed E-state index contributed by atoms with van der Waals surface area (Å²) < 4.78 is 26.4. The van der Waals surface area contributed by atoms with Gasteiger partial charge in [0.2, 0.25) is 0 Å². The van der Waals surface area contributed by atoms with Crippen LogP contribution in [0.25, 0.3) is 0 Å². The Kier molecular flexibility index (Phi) is 2.38. The van der Waals surface area contributed by atoms with Crippen LogP contribution in [-0.2, 0) is 5.41 Å². The van der Waals surface area contributed by atoms with E-state index in [1.807, 2.05) is 0 Å². The molecule has 0 N–H and O–H groups in total. The molecular formula is C11H10F2. The highest BCUT2D eigenvalue weighted by atomic mass is 19.1. The van der Waals surface area contributed by atoms with Crippen molar-refractivity contribution in [3.63, 3.8) is 0 Å². The Morgan fingerprint density at radius 3 is 2.08 bits per heavy atom. The maximum Gasteiger partial charge on any atom is 0.130 e. The van der Waals surface area contributed by atoms with Crippen molar-refractivity contribution in [2.45, 2.75) is 19.3 Å². The van der Waals surface area contributed by atoms with Crippen molar-refractivity contribution in [2.75, 3.05) is 0 Å². The van der Waals surface area contributed by atoms with Gasteiger partial charge >= 0.3 is 0 Å². The van der Waals surface area contributed by atoms with E-state index in [-0.39, 0.29) is 5.56 Å². The van der Waals surface area contributed by atoms with Crippen LogP contribution in [0.5, 0.6) is 0 Å². The Morgan fingerprint density at radius 1 is 1.23 bits per heavy atom. The number of benzene rings is 1. The number of rotatable bonds is 1. The van der Waals surface area contributed by atoms with Crippen molar-refractivity contribution in [3.8, 4) is 12.3 Å². The second kappa shape index (κ2) is 3.18. The molecule has 0 nitrogen and oxygen atoms in total. The van der Waals surface area contributed by atoms with E-state index in [0.717, 1.165) is 0 Å². The predicted octanol–water partition coefficient (Wildman–Crippen LogP) is 2.88. The normalized spacial score (nSPS) is 11.0. The zero-order chi connectivity index (χ0) is 10.1. The Morgan fingerprint density at radius 2 is 1.69 bits per heavy atom. The SMILES string of the molecule is C#CC(C)(C)c1c(F)cccc1F. The Balaban J connectivity index is 3.38. The zero-order valence-electron chi connectivity index (χ0n) is 7.57. The quantitative estimate of drug-likeness (QED) is 0.583. The maximum absolute atomic E-state index is 13.2. The van der Waals surface area contributed by atoms with Crippen LogP contribution in [0.4, 0.5) is 8.78 Å². The molecule has 1 aromatic carbocycles. The summed E-state index contributed by atoms with van der Waals surface area (Å²) in [6, 6.07) is 3.73. The molecule has 0 unspecified atom stereocenters. The lowest BCUT2D eigenvalue weighted by Crippen LogP contribution is -2.18. The lowest BCUT2D eigenvalue weighted by Gasteiger charge is -2.19. The van der Waals surface area contributed by atoms with E-state index in [9.17, 15) is 8.78 Å². The van der Waals surface area contributed by atoms with Gasteiger partial charge in [0.05, 0.1) is 5.41 Å². The van der Waals surface area contributed by atoms with Crippen molar-refractivity contribution in [2.24, 2.45) is 0 Å². The largest absolute Gasteiger partial charge is 0.207 e. The van der Waals surface area contributed by atoms with Crippen molar-refractivity contribution in [3.05, 3.63) is 35.4 Å². The number of halogens is 2. The second-order valence-corrected chi connectivity index (χ2v) is 3.37. The summed E-state index contributed by atoms with van der Waals surface area (Å²) >= 11 is 0. The minimum absolute atomic E-state index is 0.0440. The van der Waals surface area contributed by atoms with Crippen LogP contribution in [0.2, 0.25) is 0 Å². The van der Waals surface area contributed by atoms with Gasteiger partial charge < -0.3 is 0 Å². The fourth-order valence-electron chi connectivity index (χ4n) is 1.17. The van der Waals surface area contributed by atoms with Crippen molar-refractivity contribution >= 4 is 0 Å². The molecule has 68 valence electrons. The summed E-state index contributed by atoms with van der Waals surface area (Å²) in [5, 5.41) is 0. The third-order valence-electron chi connectivity index (χ3n) is 1.95. The van der Waals surface area contributed by atoms with E-state index in [2.05, 4.69) is 5.92 Å².